The number of hydrogen-bond donors (Lipinski definition) is 2. The van der Waals surface area contributed by atoms with Gasteiger partial charge in [0.1, 0.15) is 17.8 Å². The van der Waals surface area contributed by atoms with E-state index >= 15 is 0 Å². The van der Waals surface area contributed by atoms with Crippen molar-refractivity contribution in [2.24, 2.45) is 0 Å². The van der Waals surface area contributed by atoms with Gasteiger partial charge in [-0.15, -0.1) is 0 Å². The van der Waals surface area contributed by atoms with Crippen molar-refractivity contribution in [1.29, 1.82) is 0 Å². The van der Waals surface area contributed by atoms with Crippen molar-refractivity contribution in [2.45, 2.75) is 25.4 Å². The van der Waals surface area contributed by atoms with Gasteiger partial charge < -0.3 is 20.1 Å². The number of carbonyl (C=O) groups is 3. The Hall–Kier alpha value is -2.61. The fraction of sp³-hybridized carbons (Fsp3) is 0.471. The number of nitrogens with one attached hydrogen (secondary N) is 2. The van der Waals surface area contributed by atoms with Gasteiger partial charge in [0.2, 0.25) is 5.91 Å². The van der Waals surface area contributed by atoms with E-state index in [-0.39, 0.29) is 19.2 Å². The van der Waals surface area contributed by atoms with Gasteiger partial charge in [-0.05, 0) is 19.9 Å². The Morgan fingerprint density at radius 3 is 2.64 bits per heavy atom. The highest BCUT2D eigenvalue weighted by Gasteiger charge is 2.48. The zero-order chi connectivity index (χ0) is 18.6. The topological polar surface area (TPSA) is 97.0 Å². The SMILES string of the molecule is COC[C@]1(C)NC(=O)N(CC(=O)N[C@@H](C)c2ccccc2OC)C1=O. The lowest BCUT2D eigenvalue weighted by atomic mass is 10.0. The van der Waals surface area contributed by atoms with Crippen LogP contribution in [0.1, 0.15) is 25.5 Å². The van der Waals surface area contributed by atoms with E-state index in [2.05, 4.69) is 10.6 Å². The summed E-state index contributed by atoms with van der Waals surface area (Å²) in [4.78, 5) is 37.6. The number of nitrogens with zero attached hydrogens (tertiary/aromatic N) is 1. The van der Waals surface area contributed by atoms with Crippen molar-refractivity contribution < 1.29 is 23.9 Å². The Labute approximate surface area is 146 Å². The Morgan fingerprint density at radius 2 is 2.00 bits per heavy atom. The molecule has 25 heavy (non-hydrogen) atoms. The second-order valence-corrected chi connectivity index (χ2v) is 6.12. The molecule has 0 aliphatic carbocycles. The molecule has 4 amide bonds. The number of ether oxygens (including phenoxy) is 2. The van der Waals surface area contributed by atoms with Crippen LogP contribution in [-0.2, 0) is 14.3 Å². The molecule has 8 heteroatoms. The molecule has 1 fully saturated rings. The van der Waals surface area contributed by atoms with Crippen LogP contribution in [0.2, 0.25) is 0 Å². The number of amides is 4. The van der Waals surface area contributed by atoms with E-state index in [1.54, 1.807) is 27.0 Å². The van der Waals surface area contributed by atoms with Crippen LogP contribution < -0.4 is 15.4 Å². The van der Waals surface area contributed by atoms with Gasteiger partial charge in [0.15, 0.2) is 0 Å². The molecule has 1 aliphatic heterocycles. The van der Waals surface area contributed by atoms with Crippen LogP contribution in [0.5, 0.6) is 5.75 Å². The third kappa shape index (κ3) is 3.90. The highest BCUT2D eigenvalue weighted by Crippen LogP contribution is 2.24. The van der Waals surface area contributed by atoms with Crippen LogP contribution >= 0.6 is 0 Å². The summed E-state index contributed by atoms with van der Waals surface area (Å²) in [6.07, 6.45) is 0. The van der Waals surface area contributed by atoms with E-state index in [4.69, 9.17) is 9.47 Å². The maximum Gasteiger partial charge on any atom is 0.325 e. The smallest absolute Gasteiger partial charge is 0.325 e. The van der Waals surface area contributed by atoms with E-state index in [9.17, 15) is 14.4 Å². The first-order valence-electron chi connectivity index (χ1n) is 7.87. The van der Waals surface area contributed by atoms with E-state index in [0.717, 1.165) is 10.5 Å². The van der Waals surface area contributed by atoms with Gasteiger partial charge in [-0.25, -0.2) is 4.79 Å². The summed E-state index contributed by atoms with van der Waals surface area (Å²) in [6.45, 7) is 3.04. The lowest BCUT2D eigenvalue weighted by Crippen LogP contribution is -2.48. The third-order valence-corrected chi connectivity index (χ3v) is 4.06. The number of rotatable bonds is 7. The molecular weight excluding hydrogens is 326 g/mol. The van der Waals surface area contributed by atoms with Crippen molar-refractivity contribution in [3.8, 4) is 5.75 Å². The molecule has 2 N–H and O–H groups in total. The standard InChI is InChI=1S/C17H23N3O5/c1-11(12-7-5-6-8-13(12)25-4)18-14(21)9-20-15(22)17(2,10-24-3)19-16(20)23/h5-8,11H,9-10H2,1-4H3,(H,18,21)(H,19,23)/t11-,17-/m0/s1. The first-order chi connectivity index (χ1) is 11.8. The molecule has 2 atom stereocenters. The highest BCUT2D eigenvalue weighted by molar-refractivity contribution is 6.08. The van der Waals surface area contributed by atoms with Gasteiger partial charge in [-0.3, -0.25) is 14.5 Å². The summed E-state index contributed by atoms with van der Waals surface area (Å²) in [5.41, 5.74) is -0.347. The number of urea groups is 1. The van der Waals surface area contributed by atoms with Crippen LogP contribution in [0.15, 0.2) is 24.3 Å². The predicted octanol–water partition coefficient (Wildman–Crippen LogP) is 0.829. The summed E-state index contributed by atoms with van der Waals surface area (Å²) < 4.78 is 10.2. The molecule has 136 valence electrons. The molecule has 8 nitrogen and oxygen atoms in total. The van der Waals surface area contributed by atoms with Crippen molar-refractivity contribution in [3.63, 3.8) is 0 Å². The number of hydrogen-bond acceptors (Lipinski definition) is 5. The summed E-state index contributed by atoms with van der Waals surface area (Å²) in [5, 5.41) is 5.33. The van der Waals surface area contributed by atoms with Crippen molar-refractivity contribution in [2.75, 3.05) is 27.4 Å². The number of carbonyl (C=O) groups excluding carboxylic acids is 3. The fourth-order valence-corrected chi connectivity index (χ4v) is 2.81. The van der Waals surface area contributed by atoms with Crippen LogP contribution in [-0.4, -0.2) is 55.7 Å². The van der Waals surface area contributed by atoms with Gasteiger partial charge in [-0.1, -0.05) is 18.2 Å². The van der Waals surface area contributed by atoms with Crippen molar-refractivity contribution in [3.05, 3.63) is 29.8 Å². The number of benzene rings is 1. The van der Waals surface area contributed by atoms with Crippen LogP contribution in [0.4, 0.5) is 4.79 Å². The molecule has 1 heterocycles. The largest absolute Gasteiger partial charge is 0.496 e. The minimum Gasteiger partial charge on any atom is -0.496 e. The Bertz CT molecular complexity index is 678. The molecule has 2 rings (SSSR count). The van der Waals surface area contributed by atoms with E-state index in [1.807, 2.05) is 18.2 Å². The van der Waals surface area contributed by atoms with Gasteiger partial charge >= 0.3 is 6.03 Å². The lowest BCUT2D eigenvalue weighted by Gasteiger charge is -2.21. The zero-order valence-corrected chi connectivity index (χ0v) is 14.8. The van der Waals surface area contributed by atoms with Crippen LogP contribution in [0.3, 0.4) is 0 Å². The maximum atomic E-state index is 12.4. The minimum atomic E-state index is -1.15. The number of imide groups is 1. The molecule has 0 spiro atoms. The zero-order valence-electron chi connectivity index (χ0n) is 14.8. The molecule has 1 aromatic rings. The van der Waals surface area contributed by atoms with Gasteiger partial charge in [0.25, 0.3) is 5.91 Å². The summed E-state index contributed by atoms with van der Waals surface area (Å²) in [7, 11) is 2.99. The number of methoxy groups -OCH3 is 2. The van der Waals surface area contributed by atoms with E-state index in [0.29, 0.717) is 5.75 Å². The van der Waals surface area contributed by atoms with Gasteiger partial charge in [0.05, 0.1) is 19.8 Å². The van der Waals surface area contributed by atoms with Gasteiger partial charge in [0, 0.05) is 12.7 Å². The molecule has 0 radical (unpaired) electrons. The number of para-hydroxylation sites is 1. The quantitative estimate of drug-likeness (QED) is 0.711. The second kappa shape index (κ2) is 7.52. The Balaban J connectivity index is 2.03. The second-order valence-electron chi connectivity index (χ2n) is 6.12. The third-order valence-electron chi connectivity index (χ3n) is 4.06. The first-order valence-corrected chi connectivity index (χ1v) is 7.87. The maximum absolute atomic E-state index is 12.4. The average Bonchev–Trinajstić information content (AvgIpc) is 2.78. The molecule has 0 aromatic heterocycles. The van der Waals surface area contributed by atoms with Crippen molar-refractivity contribution >= 4 is 17.8 Å². The minimum absolute atomic E-state index is 0.0350. The lowest BCUT2D eigenvalue weighted by molar-refractivity contribution is -0.136. The van der Waals surface area contributed by atoms with E-state index in [1.165, 1.54) is 7.11 Å². The first kappa shape index (κ1) is 18.7. The molecule has 1 saturated heterocycles. The fourth-order valence-electron chi connectivity index (χ4n) is 2.81. The summed E-state index contributed by atoms with van der Waals surface area (Å²) in [6, 6.07) is 6.37. The molecule has 0 unspecified atom stereocenters. The molecule has 0 bridgehead atoms. The molecule has 1 aromatic carbocycles. The van der Waals surface area contributed by atoms with Crippen molar-refractivity contribution in [1.82, 2.24) is 15.5 Å². The summed E-state index contributed by atoms with van der Waals surface area (Å²) >= 11 is 0. The predicted molar refractivity (Wildman–Crippen MR) is 90.1 cm³/mol. The molecule has 0 saturated carbocycles. The summed E-state index contributed by atoms with van der Waals surface area (Å²) in [5.74, 6) is -0.277. The average molecular weight is 349 g/mol. The molecular formula is C17H23N3O5. The molecule has 1 aliphatic rings. The highest BCUT2D eigenvalue weighted by atomic mass is 16.5. The normalized spacial score (nSPS) is 21.0. The Kier molecular flexibility index (Phi) is 5.63. The van der Waals surface area contributed by atoms with Crippen LogP contribution in [0.25, 0.3) is 0 Å². The van der Waals surface area contributed by atoms with E-state index < -0.39 is 23.4 Å². The van der Waals surface area contributed by atoms with Crippen LogP contribution in [0, 0.1) is 0 Å². The monoisotopic (exact) mass is 349 g/mol. The Morgan fingerprint density at radius 1 is 1.32 bits per heavy atom. The van der Waals surface area contributed by atoms with Gasteiger partial charge in [-0.2, -0.15) is 0 Å².